The van der Waals surface area contributed by atoms with E-state index >= 15 is 0 Å². The summed E-state index contributed by atoms with van der Waals surface area (Å²) in [6, 6.07) is 4.83. The van der Waals surface area contributed by atoms with Crippen molar-refractivity contribution in [3.05, 3.63) is 29.6 Å². The standard InChI is InChI=1S/C13H15N3O3/c1-8-15-11-4-3-10(13(18)19)7-12(11)16(8)6-5-14-9(2)17/h3-4,7H,5-6H2,1-2H3,(H,14,17)(H,18,19). The molecule has 0 atom stereocenters. The third-order valence-electron chi connectivity index (χ3n) is 2.90. The molecule has 1 aromatic heterocycles. The lowest BCUT2D eigenvalue weighted by Crippen LogP contribution is -2.24. The Hall–Kier alpha value is -2.37. The Kier molecular flexibility index (Phi) is 3.50. The largest absolute Gasteiger partial charge is 0.478 e. The van der Waals surface area contributed by atoms with Gasteiger partial charge in [-0.3, -0.25) is 4.79 Å². The molecule has 6 heteroatoms. The van der Waals surface area contributed by atoms with Gasteiger partial charge in [-0.2, -0.15) is 0 Å². The molecule has 0 saturated carbocycles. The summed E-state index contributed by atoms with van der Waals surface area (Å²) in [5.74, 6) is -0.259. The van der Waals surface area contributed by atoms with E-state index in [4.69, 9.17) is 5.11 Å². The van der Waals surface area contributed by atoms with Crippen LogP contribution in [0.15, 0.2) is 18.2 Å². The van der Waals surface area contributed by atoms with Crippen LogP contribution in [0.5, 0.6) is 0 Å². The summed E-state index contributed by atoms with van der Waals surface area (Å²) >= 11 is 0. The fraction of sp³-hybridized carbons (Fsp3) is 0.308. The Bertz CT molecular complexity index is 646. The molecule has 0 aliphatic heterocycles. The number of benzene rings is 1. The molecule has 0 saturated heterocycles. The van der Waals surface area contributed by atoms with Crippen LogP contribution in [0.2, 0.25) is 0 Å². The number of hydrogen-bond donors (Lipinski definition) is 2. The molecule has 0 aliphatic carbocycles. The molecule has 2 aromatic rings. The zero-order valence-electron chi connectivity index (χ0n) is 10.8. The molecule has 1 aromatic carbocycles. The minimum Gasteiger partial charge on any atom is -0.478 e. The highest BCUT2D eigenvalue weighted by Crippen LogP contribution is 2.17. The van der Waals surface area contributed by atoms with Crippen molar-refractivity contribution in [1.29, 1.82) is 0 Å². The Morgan fingerprint density at radius 1 is 1.42 bits per heavy atom. The molecule has 6 nitrogen and oxygen atoms in total. The van der Waals surface area contributed by atoms with E-state index in [1.165, 1.54) is 13.0 Å². The molecular formula is C13H15N3O3. The summed E-state index contributed by atoms with van der Waals surface area (Å²) in [7, 11) is 0. The molecule has 2 N–H and O–H groups in total. The molecule has 0 radical (unpaired) electrons. The van der Waals surface area contributed by atoms with Gasteiger partial charge >= 0.3 is 5.97 Å². The molecule has 1 heterocycles. The van der Waals surface area contributed by atoms with Gasteiger partial charge in [-0.25, -0.2) is 9.78 Å². The zero-order valence-corrected chi connectivity index (χ0v) is 10.8. The highest BCUT2D eigenvalue weighted by atomic mass is 16.4. The minimum absolute atomic E-state index is 0.0895. The van der Waals surface area contributed by atoms with Crippen molar-refractivity contribution < 1.29 is 14.7 Å². The van der Waals surface area contributed by atoms with Crippen molar-refractivity contribution in [2.75, 3.05) is 6.54 Å². The van der Waals surface area contributed by atoms with Gasteiger partial charge in [0.25, 0.3) is 0 Å². The average molecular weight is 261 g/mol. The normalized spacial score (nSPS) is 10.6. The number of carboxylic acids is 1. The van der Waals surface area contributed by atoms with Crippen LogP contribution in [0.4, 0.5) is 0 Å². The summed E-state index contributed by atoms with van der Waals surface area (Å²) in [6.07, 6.45) is 0. The second kappa shape index (κ2) is 5.09. The van der Waals surface area contributed by atoms with E-state index in [2.05, 4.69) is 10.3 Å². The number of aromatic carboxylic acids is 1. The summed E-state index contributed by atoms with van der Waals surface area (Å²) in [5.41, 5.74) is 1.75. The van der Waals surface area contributed by atoms with Crippen LogP contribution >= 0.6 is 0 Å². The summed E-state index contributed by atoms with van der Waals surface area (Å²) in [5, 5.41) is 11.7. The Morgan fingerprint density at radius 2 is 2.16 bits per heavy atom. The number of nitrogens with one attached hydrogen (secondary N) is 1. The number of carboxylic acid groups (broad SMARTS) is 1. The molecular weight excluding hydrogens is 246 g/mol. The molecule has 0 spiro atoms. The highest BCUT2D eigenvalue weighted by molar-refractivity contribution is 5.92. The first kappa shape index (κ1) is 13.1. The Labute approximate surface area is 110 Å². The first-order valence-electron chi connectivity index (χ1n) is 5.93. The summed E-state index contributed by atoms with van der Waals surface area (Å²) in [4.78, 5) is 26.2. The van der Waals surface area contributed by atoms with E-state index in [0.717, 1.165) is 16.9 Å². The van der Waals surface area contributed by atoms with Gasteiger partial charge in [0.2, 0.25) is 5.91 Å². The maximum atomic E-state index is 11.0. The van der Waals surface area contributed by atoms with Crippen molar-refractivity contribution >= 4 is 22.9 Å². The van der Waals surface area contributed by atoms with Crippen LogP contribution in [-0.4, -0.2) is 33.1 Å². The Balaban J connectivity index is 2.35. The molecule has 100 valence electrons. The van der Waals surface area contributed by atoms with Gasteiger partial charge in [0.1, 0.15) is 5.82 Å². The summed E-state index contributed by atoms with van der Waals surface area (Å²) < 4.78 is 1.90. The summed E-state index contributed by atoms with van der Waals surface area (Å²) in [6.45, 7) is 4.36. The molecule has 19 heavy (non-hydrogen) atoms. The zero-order chi connectivity index (χ0) is 14.0. The molecule has 0 aliphatic rings. The van der Waals surface area contributed by atoms with Gasteiger partial charge < -0.3 is 15.0 Å². The van der Waals surface area contributed by atoms with E-state index in [1.54, 1.807) is 12.1 Å². The number of carbonyl (C=O) groups excluding carboxylic acids is 1. The average Bonchev–Trinajstić information content (AvgIpc) is 2.64. The van der Waals surface area contributed by atoms with Gasteiger partial charge in [0.05, 0.1) is 16.6 Å². The molecule has 1 amide bonds. The maximum Gasteiger partial charge on any atom is 0.335 e. The smallest absolute Gasteiger partial charge is 0.335 e. The molecule has 0 unspecified atom stereocenters. The van der Waals surface area contributed by atoms with E-state index in [1.807, 2.05) is 11.5 Å². The number of hydrogen-bond acceptors (Lipinski definition) is 3. The topological polar surface area (TPSA) is 84.2 Å². The minimum atomic E-state index is -0.964. The number of amides is 1. The number of imidazole rings is 1. The third-order valence-corrected chi connectivity index (χ3v) is 2.90. The van der Waals surface area contributed by atoms with Gasteiger partial charge in [-0.15, -0.1) is 0 Å². The van der Waals surface area contributed by atoms with Gasteiger partial charge in [0, 0.05) is 20.0 Å². The fourth-order valence-corrected chi connectivity index (χ4v) is 2.00. The van der Waals surface area contributed by atoms with Crippen LogP contribution < -0.4 is 5.32 Å². The first-order chi connectivity index (χ1) is 8.99. The van der Waals surface area contributed by atoms with Crippen molar-refractivity contribution in [3.8, 4) is 0 Å². The van der Waals surface area contributed by atoms with Crippen LogP contribution in [0.25, 0.3) is 11.0 Å². The second-order valence-electron chi connectivity index (χ2n) is 4.30. The predicted molar refractivity (Wildman–Crippen MR) is 70.1 cm³/mol. The van der Waals surface area contributed by atoms with Gasteiger partial charge in [0.15, 0.2) is 0 Å². The lowest BCUT2D eigenvalue weighted by atomic mass is 10.2. The number of nitrogens with zero attached hydrogens (tertiary/aromatic N) is 2. The predicted octanol–water partition coefficient (Wildman–Crippen LogP) is 1.18. The Morgan fingerprint density at radius 3 is 2.79 bits per heavy atom. The lowest BCUT2D eigenvalue weighted by molar-refractivity contribution is -0.118. The molecule has 2 rings (SSSR count). The second-order valence-corrected chi connectivity index (χ2v) is 4.30. The van der Waals surface area contributed by atoms with Crippen LogP contribution in [-0.2, 0) is 11.3 Å². The monoisotopic (exact) mass is 261 g/mol. The third kappa shape index (κ3) is 2.73. The molecule has 0 bridgehead atoms. The highest BCUT2D eigenvalue weighted by Gasteiger charge is 2.10. The maximum absolute atomic E-state index is 11.0. The van der Waals surface area contributed by atoms with Crippen LogP contribution in [0.1, 0.15) is 23.1 Å². The number of rotatable bonds is 4. The quantitative estimate of drug-likeness (QED) is 0.865. The first-order valence-corrected chi connectivity index (χ1v) is 5.93. The van der Waals surface area contributed by atoms with E-state index in [-0.39, 0.29) is 11.5 Å². The van der Waals surface area contributed by atoms with Crippen LogP contribution in [0.3, 0.4) is 0 Å². The van der Waals surface area contributed by atoms with Gasteiger partial charge in [-0.1, -0.05) is 0 Å². The van der Waals surface area contributed by atoms with Crippen molar-refractivity contribution in [2.45, 2.75) is 20.4 Å². The van der Waals surface area contributed by atoms with Crippen molar-refractivity contribution in [3.63, 3.8) is 0 Å². The van der Waals surface area contributed by atoms with Gasteiger partial charge in [-0.05, 0) is 25.1 Å². The van der Waals surface area contributed by atoms with Crippen LogP contribution in [0, 0.1) is 6.92 Å². The number of carbonyl (C=O) groups is 2. The van der Waals surface area contributed by atoms with E-state index < -0.39 is 5.97 Å². The SMILES string of the molecule is CC(=O)NCCn1c(C)nc2ccc(C(=O)O)cc21. The van der Waals surface area contributed by atoms with E-state index in [9.17, 15) is 9.59 Å². The van der Waals surface area contributed by atoms with Crippen molar-refractivity contribution in [2.24, 2.45) is 0 Å². The van der Waals surface area contributed by atoms with Crippen molar-refractivity contribution in [1.82, 2.24) is 14.9 Å². The number of aromatic nitrogens is 2. The number of aryl methyl sites for hydroxylation is 1. The molecule has 0 fully saturated rings. The fourth-order valence-electron chi connectivity index (χ4n) is 2.00. The number of fused-ring (bicyclic) bond motifs is 1. The van der Waals surface area contributed by atoms with E-state index in [0.29, 0.717) is 13.1 Å². The lowest BCUT2D eigenvalue weighted by Gasteiger charge is -2.07.